The van der Waals surface area contributed by atoms with Crippen molar-refractivity contribution in [2.45, 2.75) is 67.7 Å². The molecule has 1 amide bonds. The van der Waals surface area contributed by atoms with Crippen molar-refractivity contribution in [3.63, 3.8) is 0 Å². The van der Waals surface area contributed by atoms with Gasteiger partial charge in [-0.25, -0.2) is 0 Å². The minimum Gasteiger partial charge on any atom is -0.663 e. The topological polar surface area (TPSA) is 123 Å². The van der Waals surface area contributed by atoms with Crippen LogP contribution in [0.2, 0.25) is 0 Å². The molecule has 0 bridgehead atoms. The summed E-state index contributed by atoms with van der Waals surface area (Å²) in [6.07, 6.45) is -4.08. The van der Waals surface area contributed by atoms with Crippen LogP contribution in [0.1, 0.15) is 86.5 Å². The Morgan fingerprint density at radius 3 is 1.39 bits per heavy atom. The number of carbonyl (C=O) groups excluding carboxylic acids is 3. The van der Waals surface area contributed by atoms with Gasteiger partial charge in [-0.05, 0) is 34.4 Å². The molecule has 0 fully saturated rings. The summed E-state index contributed by atoms with van der Waals surface area (Å²) in [5, 5.41) is 5.29. The number of nitrogens with zero attached hydrogens (tertiary/aromatic N) is 2. The molecule has 0 aliphatic carbocycles. The van der Waals surface area contributed by atoms with E-state index >= 15 is 0 Å². The first-order valence-corrected chi connectivity index (χ1v) is 19.3. The van der Waals surface area contributed by atoms with Crippen LogP contribution >= 0.6 is 0 Å². The number of halogens is 6. The number of aromatic amines is 2. The van der Waals surface area contributed by atoms with Gasteiger partial charge in [-0.1, -0.05) is 140 Å². The molecular weight excluding hydrogens is 962 g/mol. The van der Waals surface area contributed by atoms with Crippen LogP contribution in [0.4, 0.5) is 26.3 Å². The van der Waals surface area contributed by atoms with Crippen LogP contribution in [0.15, 0.2) is 128 Å². The minimum atomic E-state index is -4.85. The Bertz CT molecular complexity index is 2360. The molecule has 8 aromatic rings. The van der Waals surface area contributed by atoms with Crippen LogP contribution in [0.25, 0.3) is 43.6 Å². The molecule has 0 saturated carbocycles. The second kappa shape index (κ2) is 30.6. The Morgan fingerprint density at radius 1 is 0.500 bits per heavy atom. The number of aromatic nitrogens is 4. The Kier molecular flexibility index (Phi) is 29.5. The summed E-state index contributed by atoms with van der Waals surface area (Å²) in [4.78, 5) is 46.9. The summed E-state index contributed by atoms with van der Waals surface area (Å²) in [5.74, 6) is -3.76. The summed E-state index contributed by atoms with van der Waals surface area (Å²) in [7, 11) is 1.62. The van der Waals surface area contributed by atoms with E-state index in [1.807, 2.05) is 98.0 Å². The quantitative estimate of drug-likeness (QED) is 0.120. The van der Waals surface area contributed by atoms with Crippen molar-refractivity contribution < 1.29 is 106 Å². The maximum Gasteiger partial charge on any atom is 0.454 e. The summed E-state index contributed by atoms with van der Waals surface area (Å²) >= 11 is 0. The fourth-order valence-electron chi connectivity index (χ4n) is 5.09. The Hall–Kier alpha value is -4.36. The van der Waals surface area contributed by atoms with E-state index < -0.39 is 29.5 Å². The Labute approximate surface area is 408 Å². The molecule has 3 N–H and O–H groups in total. The summed E-state index contributed by atoms with van der Waals surface area (Å²) in [6.45, 7) is 16.0. The molecule has 8 nitrogen and oxygen atoms in total. The zero-order chi connectivity index (χ0) is 45.5. The first-order valence-electron chi connectivity index (χ1n) is 19.3. The predicted molar refractivity (Wildman–Crippen MR) is 231 cm³/mol. The molecule has 0 saturated heterocycles. The number of fused-ring (bicyclic) bond motifs is 4. The molecule has 0 unspecified atom stereocenters. The maximum absolute atomic E-state index is 12.2. The number of alkyl halides is 6. The van der Waals surface area contributed by atoms with Crippen LogP contribution < -0.4 is 15.3 Å². The number of benzene rings is 4. The van der Waals surface area contributed by atoms with E-state index in [2.05, 4.69) is 43.5 Å². The standard InChI is InChI=1S/2C10H6F3NO.C10H10N2O.C8H7N.4C2H6.2Y/c2*11-10(12,13)9(15)7-5-14-8-4-2-1-3-6(7)8;1-11-10(13)8-6-12-9-5-3-2-4-7(8)9;1-2-4-8-7(3-1)5-6-9-8;4*1-2;;/h1-5H,(H,14,15);1-5,14H;2-6H,1H3,(H2,11,12,13);1-6,9H;4*1-2H3;;/p-2. The van der Waals surface area contributed by atoms with E-state index in [-0.39, 0.29) is 82.3 Å². The van der Waals surface area contributed by atoms with E-state index in [4.69, 9.17) is 0 Å². The van der Waals surface area contributed by atoms with Crippen molar-refractivity contribution in [3.05, 3.63) is 145 Å². The van der Waals surface area contributed by atoms with E-state index in [9.17, 15) is 40.7 Å². The van der Waals surface area contributed by atoms with Gasteiger partial charge in [0.05, 0.1) is 5.56 Å². The number of hydrogen-bond acceptors (Lipinski definition) is 3. The van der Waals surface area contributed by atoms with Gasteiger partial charge in [-0.15, -0.1) is 11.0 Å². The average Bonchev–Trinajstić information content (AvgIpc) is 4.11. The Balaban J connectivity index is 0. The molecule has 62 heavy (non-hydrogen) atoms. The van der Waals surface area contributed by atoms with Gasteiger partial charge < -0.3 is 25.3 Å². The van der Waals surface area contributed by atoms with Crippen molar-refractivity contribution in [2.75, 3.05) is 7.05 Å². The van der Waals surface area contributed by atoms with Gasteiger partial charge in [0.2, 0.25) is 5.91 Å². The largest absolute Gasteiger partial charge is 0.663 e. The van der Waals surface area contributed by atoms with Crippen molar-refractivity contribution in [1.82, 2.24) is 25.3 Å². The molecule has 4 aromatic heterocycles. The molecule has 4 heterocycles. The van der Waals surface area contributed by atoms with Gasteiger partial charge in [0.15, 0.2) is 0 Å². The molecule has 8 rings (SSSR count). The van der Waals surface area contributed by atoms with Crippen molar-refractivity contribution in [2.24, 2.45) is 0 Å². The SMILES string of the molecule is CC.CC.CC.CC.CNC(=O)c1c[n-]c2ccccc12.O=C(c1c[n-]c2ccccc12)C(F)(F)F.O=C(c1c[nH]c2ccccc12)C(F)(F)F.[Y].[Y].c1ccc2[nH]ccc2c1. The van der Waals surface area contributed by atoms with Crippen LogP contribution in [0.3, 0.4) is 0 Å². The third-order valence-electron chi connectivity index (χ3n) is 7.58. The summed E-state index contributed by atoms with van der Waals surface area (Å²) in [5.41, 5.74) is 2.89. The maximum atomic E-state index is 12.2. The van der Waals surface area contributed by atoms with Crippen LogP contribution in [-0.4, -0.2) is 46.8 Å². The van der Waals surface area contributed by atoms with Crippen LogP contribution in [0, 0.1) is 0 Å². The predicted octanol–water partition coefficient (Wildman–Crippen LogP) is 12.9. The molecular formula is C46H51F6N5O3Y2-2. The summed E-state index contributed by atoms with van der Waals surface area (Å²) in [6, 6.07) is 30.5. The molecule has 2 radical (unpaired) electrons. The third-order valence-corrected chi connectivity index (χ3v) is 7.58. The summed E-state index contributed by atoms with van der Waals surface area (Å²) < 4.78 is 73.0. The first kappa shape index (κ1) is 59.7. The Morgan fingerprint density at radius 2 is 0.903 bits per heavy atom. The number of para-hydroxylation sites is 4. The smallest absolute Gasteiger partial charge is 0.454 e. The van der Waals surface area contributed by atoms with Gasteiger partial charge in [0, 0.05) is 112 Å². The fourth-order valence-corrected chi connectivity index (χ4v) is 5.09. The van der Waals surface area contributed by atoms with E-state index in [1.165, 1.54) is 23.0 Å². The zero-order valence-corrected chi connectivity index (χ0v) is 41.8. The zero-order valence-electron chi connectivity index (χ0n) is 36.2. The van der Waals surface area contributed by atoms with E-state index in [0.717, 1.165) is 23.3 Å². The number of rotatable bonds is 3. The van der Waals surface area contributed by atoms with Gasteiger partial charge in [0.1, 0.15) is 0 Å². The van der Waals surface area contributed by atoms with Gasteiger partial charge in [0.25, 0.3) is 11.6 Å². The number of nitrogens with one attached hydrogen (secondary N) is 3. The van der Waals surface area contributed by atoms with Crippen molar-refractivity contribution in [3.8, 4) is 0 Å². The normalized spacial score (nSPS) is 9.79. The molecule has 0 spiro atoms. The second-order valence-electron chi connectivity index (χ2n) is 10.9. The number of H-pyrrole nitrogens is 2. The van der Waals surface area contributed by atoms with Gasteiger partial charge in [-0.2, -0.15) is 38.7 Å². The first-order chi connectivity index (χ1) is 28.8. The van der Waals surface area contributed by atoms with Crippen LogP contribution in [0.5, 0.6) is 0 Å². The van der Waals surface area contributed by atoms with Gasteiger partial charge >= 0.3 is 12.4 Å². The molecule has 16 heteroatoms. The van der Waals surface area contributed by atoms with E-state index in [0.29, 0.717) is 22.0 Å². The number of ketones is 2. The molecule has 4 aromatic carbocycles. The number of amides is 1. The molecule has 0 aliphatic rings. The second-order valence-corrected chi connectivity index (χ2v) is 10.9. The number of carbonyl (C=O) groups is 3. The fraction of sp³-hybridized carbons (Fsp3) is 0.239. The molecule has 0 atom stereocenters. The molecule has 0 aliphatic heterocycles. The van der Waals surface area contributed by atoms with Gasteiger partial charge in [-0.3, -0.25) is 14.4 Å². The minimum absolute atomic E-state index is 0. The van der Waals surface area contributed by atoms with Crippen molar-refractivity contribution in [1.29, 1.82) is 0 Å². The van der Waals surface area contributed by atoms with E-state index in [1.54, 1.807) is 49.6 Å². The number of hydrogen-bond donors (Lipinski definition) is 3. The third kappa shape index (κ3) is 17.1. The molecule has 328 valence electrons. The van der Waals surface area contributed by atoms with Crippen LogP contribution in [-0.2, 0) is 65.4 Å². The number of Topliss-reactive ketones (excluding diaryl/α,β-unsaturated/α-hetero) is 2. The monoisotopic (exact) mass is 1010 g/mol. The average molecular weight is 1010 g/mol. The van der Waals surface area contributed by atoms with Crippen molar-refractivity contribution >= 4 is 61.1 Å².